The Morgan fingerprint density at radius 3 is 2.65 bits per heavy atom. The van der Waals surface area contributed by atoms with Gasteiger partial charge in [0.1, 0.15) is 11.6 Å². The Balaban J connectivity index is 1.66. The number of likely N-dealkylation sites (tertiary alicyclic amines) is 1. The maximum absolute atomic E-state index is 13.1. The van der Waals surface area contributed by atoms with E-state index < -0.39 is 0 Å². The molecular formula is C19H20FNO2. The van der Waals surface area contributed by atoms with Crippen LogP contribution in [0.2, 0.25) is 0 Å². The minimum absolute atomic E-state index is 0.0347. The second-order valence-corrected chi connectivity index (χ2v) is 5.93. The van der Waals surface area contributed by atoms with Crippen molar-refractivity contribution in [1.29, 1.82) is 0 Å². The molecule has 2 aromatic carbocycles. The van der Waals surface area contributed by atoms with Gasteiger partial charge in [-0.15, -0.1) is 0 Å². The van der Waals surface area contributed by atoms with Crippen molar-refractivity contribution in [3.63, 3.8) is 0 Å². The van der Waals surface area contributed by atoms with Crippen LogP contribution in [-0.4, -0.2) is 22.5 Å². The van der Waals surface area contributed by atoms with E-state index >= 15 is 0 Å². The maximum Gasteiger partial charge on any atom is 0.223 e. The van der Waals surface area contributed by atoms with Crippen LogP contribution in [0.3, 0.4) is 0 Å². The van der Waals surface area contributed by atoms with Crippen molar-refractivity contribution in [2.45, 2.75) is 31.7 Å². The number of hydrogen-bond donors (Lipinski definition) is 1. The fourth-order valence-corrected chi connectivity index (χ4v) is 3.20. The van der Waals surface area contributed by atoms with E-state index in [-0.39, 0.29) is 23.5 Å². The van der Waals surface area contributed by atoms with E-state index in [0.29, 0.717) is 12.8 Å². The van der Waals surface area contributed by atoms with Crippen LogP contribution in [-0.2, 0) is 11.2 Å². The molecule has 3 nitrogen and oxygen atoms in total. The molecule has 23 heavy (non-hydrogen) atoms. The van der Waals surface area contributed by atoms with Crippen LogP contribution >= 0.6 is 0 Å². The molecule has 0 aromatic heterocycles. The monoisotopic (exact) mass is 313 g/mol. The number of benzene rings is 2. The molecule has 1 heterocycles. The lowest BCUT2D eigenvalue weighted by Gasteiger charge is -2.25. The van der Waals surface area contributed by atoms with Crippen molar-refractivity contribution in [2.75, 3.05) is 6.54 Å². The highest BCUT2D eigenvalue weighted by atomic mass is 19.1. The molecule has 2 aromatic rings. The van der Waals surface area contributed by atoms with Crippen LogP contribution in [0.1, 0.15) is 36.4 Å². The number of aromatic hydroxyl groups is 1. The first kappa shape index (κ1) is 15.5. The Hall–Kier alpha value is -2.36. The summed E-state index contributed by atoms with van der Waals surface area (Å²) in [5.74, 6) is 0.0565. The molecule has 1 aliphatic heterocycles. The van der Waals surface area contributed by atoms with Gasteiger partial charge in [-0.2, -0.15) is 0 Å². The molecule has 1 amide bonds. The van der Waals surface area contributed by atoms with Crippen molar-refractivity contribution < 1.29 is 14.3 Å². The van der Waals surface area contributed by atoms with Gasteiger partial charge < -0.3 is 10.0 Å². The summed E-state index contributed by atoms with van der Waals surface area (Å²) in [6, 6.07) is 13.5. The molecular weight excluding hydrogens is 293 g/mol. The van der Waals surface area contributed by atoms with E-state index in [2.05, 4.69) is 0 Å². The number of phenolic OH excluding ortho intramolecular Hbond substituents is 1. The number of para-hydroxylation sites is 1. The molecule has 120 valence electrons. The average molecular weight is 313 g/mol. The second-order valence-electron chi connectivity index (χ2n) is 5.93. The van der Waals surface area contributed by atoms with Gasteiger partial charge >= 0.3 is 0 Å². The summed E-state index contributed by atoms with van der Waals surface area (Å²) in [6.07, 6.45) is 2.77. The molecule has 0 bridgehead atoms. The number of rotatable bonds is 4. The fourth-order valence-electron chi connectivity index (χ4n) is 3.20. The first-order valence-corrected chi connectivity index (χ1v) is 7.97. The summed E-state index contributed by atoms with van der Waals surface area (Å²) >= 11 is 0. The van der Waals surface area contributed by atoms with Gasteiger partial charge in [0.25, 0.3) is 0 Å². The zero-order valence-electron chi connectivity index (χ0n) is 12.9. The Morgan fingerprint density at radius 1 is 1.17 bits per heavy atom. The van der Waals surface area contributed by atoms with Gasteiger partial charge in [0.15, 0.2) is 0 Å². The lowest BCUT2D eigenvalue weighted by Crippen LogP contribution is -2.30. The molecule has 1 saturated heterocycles. The summed E-state index contributed by atoms with van der Waals surface area (Å²) in [5, 5.41) is 9.78. The number of carbonyl (C=O) groups excluding carboxylic acids is 1. The number of amides is 1. The number of halogens is 1. The summed E-state index contributed by atoms with van der Waals surface area (Å²) in [7, 11) is 0. The van der Waals surface area contributed by atoms with E-state index in [9.17, 15) is 14.3 Å². The molecule has 0 radical (unpaired) electrons. The van der Waals surface area contributed by atoms with Crippen LogP contribution < -0.4 is 0 Å². The van der Waals surface area contributed by atoms with Crippen molar-refractivity contribution in [1.82, 2.24) is 4.90 Å². The number of phenols is 1. The van der Waals surface area contributed by atoms with Crippen LogP contribution in [0, 0.1) is 5.82 Å². The molecule has 1 fully saturated rings. The van der Waals surface area contributed by atoms with Crippen molar-refractivity contribution >= 4 is 5.91 Å². The van der Waals surface area contributed by atoms with E-state index in [4.69, 9.17) is 0 Å². The Labute approximate surface area is 135 Å². The lowest BCUT2D eigenvalue weighted by molar-refractivity contribution is -0.132. The third kappa shape index (κ3) is 3.52. The first-order chi connectivity index (χ1) is 11.1. The molecule has 1 unspecified atom stereocenters. The lowest BCUT2D eigenvalue weighted by atomic mass is 10.0. The number of nitrogens with zero attached hydrogens (tertiary/aromatic N) is 1. The normalized spacial score (nSPS) is 17.4. The van der Waals surface area contributed by atoms with Crippen LogP contribution in [0.5, 0.6) is 5.75 Å². The van der Waals surface area contributed by atoms with Gasteiger partial charge in [-0.1, -0.05) is 30.3 Å². The third-order valence-corrected chi connectivity index (χ3v) is 4.43. The Bertz CT molecular complexity index is 684. The van der Waals surface area contributed by atoms with E-state index in [0.717, 1.165) is 30.5 Å². The summed E-state index contributed by atoms with van der Waals surface area (Å²) in [5.41, 5.74) is 1.78. The predicted octanol–water partition coefficient (Wildman–Crippen LogP) is 3.83. The maximum atomic E-state index is 13.1. The van der Waals surface area contributed by atoms with Crippen LogP contribution in [0.15, 0.2) is 48.5 Å². The van der Waals surface area contributed by atoms with Gasteiger partial charge in [0.2, 0.25) is 5.91 Å². The van der Waals surface area contributed by atoms with Crippen molar-refractivity contribution in [3.05, 3.63) is 65.5 Å². The highest BCUT2D eigenvalue weighted by Gasteiger charge is 2.29. The largest absolute Gasteiger partial charge is 0.508 e. The quantitative estimate of drug-likeness (QED) is 0.932. The Morgan fingerprint density at radius 2 is 1.91 bits per heavy atom. The van der Waals surface area contributed by atoms with Gasteiger partial charge in [-0.25, -0.2) is 4.39 Å². The highest BCUT2D eigenvalue weighted by molar-refractivity contribution is 5.77. The fraction of sp³-hybridized carbons (Fsp3) is 0.316. The molecule has 1 atom stereocenters. The SMILES string of the molecule is O=C(CCc1ccccc1O)N1CCCC1c1ccc(F)cc1. The van der Waals surface area contributed by atoms with Crippen LogP contribution in [0.25, 0.3) is 0 Å². The zero-order valence-corrected chi connectivity index (χ0v) is 12.9. The number of aryl methyl sites for hydroxylation is 1. The number of carbonyl (C=O) groups is 1. The molecule has 4 heteroatoms. The molecule has 1 aliphatic rings. The minimum atomic E-state index is -0.260. The highest BCUT2D eigenvalue weighted by Crippen LogP contribution is 2.32. The van der Waals surface area contributed by atoms with Crippen molar-refractivity contribution in [3.8, 4) is 5.75 Å². The topological polar surface area (TPSA) is 40.5 Å². The molecule has 1 N–H and O–H groups in total. The molecule has 0 saturated carbocycles. The third-order valence-electron chi connectivity index (χ3n) is 4.43. The summed E-state index contributed by atoms with van der Waals surface area (Å²) in [6.45, 7) is 0.738. The zero-order chi connectivity index (χ0) is 16.2. The van der Waals surface area contributed by atoms with E-state index in [1.54, 1.807) is 24.3 Å². The summed E-state index contributed by atoms with van der Waals surface area (Å²) < 4.78 is 13.1. The standard InChI is InChI=1S/C19H20FNO2/c20-16-10-7-14(8-11-16)17-5-3-13-21(17)19(23)12-9-15-4-1-2-6-18(15)22/h1-2,4,6-8,10-11,17,22H,3,5,9,12-13H2. The van der Waals surface area contributed by atoms with E-state index in [1.165, 1.54) is 12.1 Å². The molecule has 3 rings (SSSR count). The van der Waals surface area contributed by atoms with Crippen molar-refractivity contribution in [2.24, 2.45) is 0 Å². The van der Waals surface area contributed by atoms with Gasteiger partial charge in [-0.05, 0) is 48.6 Å². The Kier molecular flexibility index (Phi) is 4.60. The van der Waals surface area contributed by atoms with Gasteiger partial charge in [0, 0.05) is 13.0 Å². The van der Waals surface area contributed by atoms with E-state index in [1.807, 2.05) is 17.0 Å². The average Bonchev–Trinajstić information content (AvgIpc) is 3.04. The molecule has 0 aliphatic carbocycles. The predicted molar refractivity (Wildman–Crippen MR) is 86.5 cm³/mol. The van der Waals surface area contributed by atoms with Gasteiger partial charge in [-0.3, -0.25) is 4.79 Å². The van der Waals surface area contributed by atoms with Crippen LogP contribution in [0.4, 0.5) is 4.39 Å². The number of hydrogen-bond acceptors (Lipinski definition) is 2. The summed E-state index contributed by atoms with van der Waals surface area (Å²) in [4.78, 5) is 14.4. The van der Waals surface area contributed by atoms with Gasteiger partial charge in [0.05, 0.1) is 6.04 Å². The minimum Gasteiger partial charge on any atom is -0.508 e. The first-order valence-electron chi connectivity index (χ1n) is 7.97. The molecule has 0 spiro atoms. The second kappa shape index (κ2) is 6.82. The smallest absolute Gasteiger partial charge is 0.223 e.